The molecule has 2 rings (SSSR count). The van der Waals surface area contributed by atoms with E-state index in [1.54, 1.807) is 0 Å². The normalized spacial score (nSPS) is 18.3. The van der Waals surface area contributed by atoms with Crippen LogP contribution >= 0.6 is 12.6 Å². The molecule has 0 saturated carbocycles. The number of thiol groups is 1. The van der Waals surface area contributed by atoms with E-state index >= 15 is 0 Å². The Bertz CT molecular complexity index is 384. The molecule has 0 atom stereocenters. The molecule has 2 nitrogen and oxygen atoms in total. The average Bonchev–Trinajstić information content (AvgIpc) is 2.48. The largest absolute Gasteiger partial charge is 0.381 e. The van der Waals surface area contributed by atoms with Crippen LogP contribution in [0, 0.1) is 5.41 Å². The van der Waals surface area contributed by atoms with Crippen LogP contribution in [-0.2, 0) is 11.2 Å². The van der Waals surface area contributed by atoms with E-state index in [1.165, 1.54) is 11.3 Å². The Morgan fingerprint density at radius 3 is 2.37 bits per heavy atom. The number of aryl methyl sites for hydroxylation is 1. The first-order valence-electron chi connectivity index (χ1n) is 7.18. The van der Waals surface area contributed by atoms with Gasteiger partial charge in [-0.2, -0.15) is 12.6 Å². The van der Waals surface area contributed by atoms with Gasteiger partial charge in [-0.05, 0) is 42.7 Å². The van der Waals surface area contributed by atoms with Gasteiger partial charge < -0.3 is 9.64 Å². The SMILES string of the molecule is CCc1ccc(N(C)CC2(CS)CCOCC2)cc1. The number of anilines is 1. The van der Waals surface area contributed by atoms with Crippen LogP contribution in [0.1, 0.15) is 25.3 Å². The molecule has 1 saturated heterocycles. The lowest BCUT2D eigenvalue weighted by Crippen LogP contribution is -2.41. The molecule has 0 aliphatic carbocycles. The summed E-state index contributed by atoms with van der Waals surface area (Å²) in [5.74, 6) is 0.938. The van der Waals surface area contributed by atoms with Crippen LogP contribution in [0.5, 0.6) is 0 Å². The molecule has 0 radical (unpaired) electrons. The van der Waals surface area contributed by atoms with Crippen molar-refractivity contribution in [2.24, 2.45) is 5.41 Å². The minimum Gasteiger partial charge on any atom is -0.381 e. The molecule has 0 aromatic heterocycles. The summed E-state index contributed by atoms with van der Waals surface area (Å²) in [6.45, 7) is 5.01. The van der Waals surface area contributed by atoms with Crippen molar-refractivity contribution in [1.82, 2.24) is 0 Å². The fraction of sp³-hybridized carbons (Fsp3) is 0.625. The Balaban J connectivity index is 2.03. The summed E-state index contributed by atoms with van der Waals surface area (Å²) >= 11 is 4.59. The molecular weight excluding hydrogens is 254 g/mol. The Hall–Kier alpha value is -0.670. The van der Waals surface area contributed by atoms with E-state index in [0.29, 0.717) is 5.41 Å². The van der Waals surface area contributed by atoms with Crippen molar-refractivity contribution in [2.75, 3.05) is 37.5 Å². The zero-order valence-corrected chi connectivity index (χ0v) is 13.0. The summed E-state index contributed by atoms with van der Waals surface area (Å²) in [5, 5.41) is 0. The summed E-state index contributed by atoms with van der Waals surface area (Å²) in [4.78, 5) is 2.36. The molecule has 1 heterocycles. The van der Waals surface area contributed by atoms with Crippen molar-refractivity contribution >= 4 is 18.3 Å². The second-order valence-corrected chi connectivity index (χ2v) is 5.96. The van der Waals surface area contributed by atoms with Crippen LogP contribution in [0.2, 0.25) is 0 Å². The van der Waals surface area contributed by atoms with Crippen LogP contribution in [0.25, 0.3) is 0 Å². The summed E-state index contributed by atoms with van der Waals surface area (Å²) in [7, 11) is 2.18. The lowest BCUT2D eigenvalue weighted by Gasteiger charge is -2.39. The molecule has 0 amide bonds. The van der Waals surface area contributed by atoms with Crippen molar-refractivity contribution in [3.63, 3.8) is 0 Å². The van der Waals surface area contributed by atoms with Gasteiger partial charge >= 0.3 is 0 Å². The van der Waals surface area contributed by atoms with Crippen molar-refractivity contribution in [3.8, 4) is 0 Å². The predicted octanol–water partition coefficient (Wildman–Crippen LogP) is 3.41. The lowest BCUT2D eigenvalue weighted by molar-refractivity contribution is 0.0301. The highest BCUT2D eigenvalue weighted by atomic mass is 32.1. The van der Waals surface area contributed by atoms with Gasteiger partial charge in [0, 0.05) is 37.9 Å². The molecule has 106 valence electrons. The van der Waals surface area contributed by atoms with Crippen molar-refractivity contribution in [2.45, 2.75) is 26.2 Å². The van der Waals surface area contributed by atoms with Crippen molar-refractivity contribution < 1.29 is 4.74 Å². The minimum atomic E-state index is 0.305. The number of nitrogens with zero attached hydrogens (tertiary/aromatic N) is 1. The molecule has 1 fully saturated rings. The lowest BCUT2D eigenvalue weighted by atomic mass is 9.81. The monoisotopic (exact) mass is 279 g/mol. The summed E-state index contributed by atoms with van der Waals surface area (Å²) in [5.41, 5.74) is 3.00. The van der Waals surface area contributed by atoms with Crippen LogP contribution in [-0.4, -0.2) is 32.6 Å². The molecule has 0 bridgehead atoms. The van der Waals surface area contributed by atoms with Gasteiger partial charge in [-0.25, -0.2) is 0 Å². The maximum atomic E-state index is 5.49. The number of rotatable bonds is 5. The number of hydrogen-bond donors (Lipinski definition) is 1. The van der Waals surface area contributed by atoms with Crippen molar-refractivity contribution in [3.05, 3.63) is 29.8 Å². The molecule has 1 aliphatic heterocycles. The first kappa shape index (κ1) is 14.7. The predicted molar refractivity (Wildman–Crippen MR) is 85.4 cm³/mol. The number of ether oxygens (including phenoxy) is 1. The van der Waals surface area contributed by atoms with Gasteiger partial charge in [-0.1, -0.05) is 19.1 Å². The second kappa shape index (κ2) is 6.67. The highest BCUT2D eigenvalue weighted by Gasteiger charge is 2.32. The van der Waals surface area contributed by atoms with Crippen LogP contribution in [0.15, 0.2) is 24.3 Å². The zero-order valence-electron chi connectivity index (χ0n) is 12.1. The molecule has 1 aromatic rings. The third-order valence-corrected chi connectivity index (χ3v) is 4.92. The van der Waals surface area contributed by atoms with E-state index in [1.807, 2.05) is 0 Å². The van der Waals surface area contributed by atoms with E-state index < -0.39 is 0 Å². The van der Waals surface area contributed by atoms with E-state index in [2.05, 4.69) is 55.8 Å². The van der Waals surface area contributed by atoms with Gasteiger partial charge in [0.15, 0.2) is 0 Å². The molecule has 3 heteroatoms. The van der Waals surface area contributed by atoms with Gasteiger partial charge in [0.25, 0.3) is 0 Å². The highest BCUT2D eigenvalue weighted by molar-refractivity contribution is 7.80. The van der Waals surface area contributed by atoms with Gasteiger partial charge in [-0.3, -0.25) is 0 Å². The third-order valence-electron chi connectivity index (χ3n) is 4.25. The highest BCUT2D eigenvalue weighted by Crippen LogP contribution is 2.33. The van der Waals surface area contributed by atoms with E-state index in [0.717, 1.165) is 44.8 Å². The van der Waals surface area contributed by atoms with Crippen molar-refractivity contribution in [1.29, 1.82) is 0 Å². The minimum absolute atomic E-state index is 0.305. The molecule has 0 N–H and O–H groups in total. The third kappa shape index (κ3) is 3.67. The van der Waals surface area contributed by atoms with Gasteiger partial charge in [0.05, 0.1) is 0 Å². The van der Waals surface area contributed by atoms with Crippen LogP contribution in [0.3, 0.4) is 0 Å². The van der Waals surface area contributed by atoms with E-state index in [4.69, 9.17) is 4.74 Å². The first-order valence-corrected chi connectivity index (χ1v) is 7.81. The number of hydrogen-bond acceptors (Lipinski definition) is 3. The zero-order chi connectivity index (χ0) is 13.7. The molecular formula is C16H25NOS. The van der Waals surface area contributed by atoms with E-state index in [9.17, 15) is 0 Å². The molecule has 1 aromatic carbocycles. The molecule has 0 unspecified atom stereocenters. The van der Waals surface area contributed by atoms with Gasteiger partial charge in [0.1, 0.15) is 0 Å². The maximum Gasteiger partial charge on any atom is 0.0472 e. The van der Waals surface area contributed by atoms with Gasteiger partial charge in [0.2, 0.25) is 0 Å². The first-order chi connectivity index (χ1) is 9.19. The Labute approximate surface area is 122 Å². The quantitative estimate of drug-likeness (QED) is 0.829. The Kier molecular flexibility index (Phi) is 5.17. The fourth-order valence-electron chi connectivity index (χ4n) is 2.75. The number of benzene rings is 1. The Morgan fingerprint density at radius 2 is 1.84 bits per heavy atom. The standard InChI is InChI=1S/C16H25NOS/c1-3-14-4-6-15(7-5-14)17(2)12-16(13-19)8-10-18-11-9-16/h4-7,19H,3,8-13H2,1-2H3. The fourth-order valence-corrected chi connectivity index (χ4v) is 3.17. The second-order valence-electron chi connectivity index (χ2n) is 5.65. The molecule has 19 heavy (non-hydrogen) atoms. The topological polar surface area (TPSA) is 12.5 Å². The summed E-state index contributed by atoms with van der Waals surface area (Å²) in [6.07, 6.45) is 3.34. The maximum absolute atomic E-state index is 5.49. The smallest absolute Gasteiger partial charge is 0.0472 e. The van der Waals surface area contributed by atoms with Crippen LogP contribution in [0.4, 0.5) is 5.69 Å². The van der Waals surface area contributed by atoms with Crippen LogP contribution < -0.4 is 4.90 Å². The summed E-state index contributed by atoms with van der Waals surface area (Å²) < 4.78 is 5.49. The summed E-state index contributed by atoms with van der Waals surface area (Å²) in [6, 6.07) is 8.90. The Morgan fingerprint density at radius 1 is 1.21 bits per heavy atom. The van der Waals surface area contributed by atoms with E-state index in [-0.39, 0.29) is 0 Å². The van der Waals surface area contributed by atoms with Gasteiger partial charge in [-0.15, -0.1) is 0 Å². The molecule has 1 aliphatic rings. The average molecular weight is 279 g/mol. The molecule has 0 spiro atoms.